The summed E-state index contributed by atoms with van der Waals surface area (Å²) in [4.78, 5) is 0. The fraction of sp³-hybridized carbons (Fsp3) is 0.778. The first-order valence-corrected chi connectivity index (χ1v) is 5.83. The molecule has 0 amide bonds. The van der Waals surface area contributed by atoms with Crippen LogP contribution in [-0.4, -0.2) is 20.5 Å². The predicted octanol–water partition coefficient (Wildman–Crippen LogP) is 2.19. The van der Waals surface area contributed by atoms with E-state index in [4.69, 9.17) is 0 Å². The van der Waals surface area contributed by atoms with Crippen LogP contribution in [0.25, 0.3) is 0 Å². The smallest absolute Gasteiger partial charge is 0.190 e. The van der Waals surface area contributed by atoms with E-state index in [2.05, 4.69) is 28.7 Å². The first-order chi connectivity index (χ1) is 6.33. The molecule has 1 fully saturated rings. The summed E-state index contributed by atoms with van der Waals surface area (Å²) in [7, 11) is 2.08. The Labute approximate surface area is 82.9 Å². The molecule has 2 rings (SSSR count). The van der Waals surface area contributed by atoms with Crippen LogP contribution in [0.15, 0.2) is 5.16 Å². The maximum absolute atomic E-state index is 4.25. The third kappa shape index (κ3) is 1.59. The molecule has 0 spiro atoms. The zero-order valence-corrected chi connectivity index (χ0v) is 8.97. The highest BCUT2D eigenvalue weighted by atomic mass is 32.2. The molecule has 0 atom stereocenters. The van der Waals surface area contributed by atoms with E-state index in [0.29, 0.717) is 5.92 Å². The van der Waals surface area contributed by atoms with Crippen molar-refractivity contribution in [3.63, 3.8) is 0 Å². The van der Waals surface area contributed by atoms with Crippen molar-refractivity contribution in [2.24, 2.45) is 7.05 Å². The average molecular weight is 197 g/mol. The molecule has 0 bridgehead atoms. The Morgan fingerprint density at radius 3 is 2.77 bits per heavy atom. The molecule has 4 heteroatoms. The molecule has 0 radical (unpaired) electrons. The molecule has 13 heavy (non-hydrogen) atoms. The molecule has 72 valence electrons. The minimum Gasteiger partial charge on any atom is -0.309 e. The maximum atomic E-state index is 4.25. The summed E-state index contributed by atoms with van der Waals surface area (Å²) in [5.74, 6) is 2.93. The van der Waals surface area contributed by atoms with Gasteiger partial charge in [-0.3, -0.25) is 0 Å². The maximum Gasteiger partial charge on any atom is 0.190 e. The summed E-state index contributed by atoms with van der Waals surface area (Å²) in [6.07, 6.45) is 3.94. The number of hydrogen-bond donors (Lipinski definition) is 0. The van der Waals surface area contributed by atoms with Crippen LogP contribution in [0.1, 0.15) is 37.9 Å². The summed E-state index contributed by atoms with van der Waals surface area (Å²) in [5.41, 5.74) is 0. The van der Waals surface area contributed by atoms with Crippen molar-refractivity contribution < 1.29 is 0 Å². The Hall–Kier alpha value is -0.510. The SMILES string of the molecule is CCSc1nnc(C2CCC2)n1C. The highest BCUT2D eigenvalue weighted by Gasteiger charge is 2.25. The van der Waals surface area contributed by atoms with Crippen molar-refractivity contribution in [1.29, 1.82) is 0 Å². The summed E-state index contributed by atoms with van der Waals surface area (Å²) in [6, 6.07) is 0. The zero-order valence-electron chi connectivity index (χ0n) is 8.16. The molecule has 0 aromatic carbocycles. The minimum absolute atomic E-state index is 0.684. The third-order valence-corrected chi connectivity index (χ3v) is 3.51. The van der Waals surface area contributed by atoms with Crippen molar-refractivity contribution in [3.05, 3.63) is 5.82 Å². The van der Waals surface area contributed by atoms with Crippen LogP contribution in [-0.2, 0) is 7.05 Å². The van der Waals surface area contributed by atoms with E-state index >= 15 is 0 Å². The Kier molecular flexibility index (Phi) is 2.58. The molecule has 1 aromatic rings. The van der Waals surface area contributed by atoms with Gasteiger partial charge in [0, 0.05) is 13.0 Å². The van der Waals surface area contributed by atoms with Crippen molar-refractivity contribution in [2.45, 2.75) is 37.3 Å². The fourth-order valence-electron chi connectivity index (χ4n) is 1.60. The van der Waals surface area contributed by atoms with Gasteiger partial charge in [-0.2, -0.15) is 0 Å². The van der Waals surface area contributed by atoms with Gasteiger partial charge in [-0.05, 0) is 18.6 Å². The Morgan fingerprint density at radius 1 is 1.46 bits per heavy atom. The normalized spacial score (nSPS) is 17.4. The van der Waals surface area contributed by atoms with Crippen LogP contribution in [0.2, 0.25) is 0 Å². The van der Waals surface area contributed by atoms with Gasteiger partial charge < -0.3 is 4.57 Å². The van der Waals surface area contributed by atoms with Gasteiger partial charge in [-0.15, -0.1) is 10.2 Å². The van der Waals surface area contributed by atoms with Gasteiger partial charge in [0.2, 0.25) is 0 Å². The zero-order chi connectivity index (χ0) is 9.26. The number of nitrogens with zero attached hydrogens (tertiary/aromatic N) is 3. The van der Waals surface area contributed by atoms with Gasteiger partial charge in [-0.1, -0.05) is 25.1 Å². The van der Waals surface area contributed by atoms with E-state index in [1.807, 2.05) is 0 Å². The van der Waals surface area contributed by atoms with Gasteiger partial charge in [-0.25, -0.2) is 0 Å². The molecule has 1 saturated carbocycles. The molecule has 1 aromatic heterocycles. The van der Waals surface area contributed by atoms with Gasteiger partial charge in [0.25, 0.3) is 0 Å². The Bertz CT molecular complexity index is 291. The quantitative estimate of drug-likeness (QED) is 0.696. The van der Waals surface area contributed by atoms with Crippen LogP contribution < -0.4 is 0 Å². The second-order valence-corrected chi connectivity index (χ2v) is 4.69. The Morgan fingerprint density at radius 2 is 2.23 bits per heavy atom. The lowest BCUT2D eigenvalue weighted by Gasteiger charge is -2.23. The van der Waals surface area contributed by atoms with E-state index in [-0.39, 0.29) is 0 Å². The molecule has 0 saturated heterocycles. The lowest BCUT2D eigenvalue weighted by Crippen LogP contribution is -2.14. The molecule has 0 N–H and O–H groups in total. The van der Waals surface area contributed by atoms with E-state index in [9.17, 15) is 0 Å². The summed E-state index contributed by atoms with van der Waals surface area (Å²) < 4.78 is 2.15. The minimum atomic E-state index is 0.684. The monoisotopic (exact) mass is 197 g/mol. The lowest BCUT2D eigenvalue weighted by atomic mass is 9.85. The number of thioether (sulfide) groups is 1. The second kappa shape index (κ2) is 3.70. The fourth-order valence-corrected chi connectivity index (χ4v) is 2.25. The molecular weight excluding hydrogens is 182 g/mol. The topological polar surface area (TPSA) is 30.7 Å². The number of rotatable bonds is 3. The number of hydrogen-bond acceptors (Lipinski definition) is 3. The van der Waals surface area contributed by atoms with Crippen LogP contribution in [0.4, 0.5) is 0 Å². The first-order valence-electron chi connectivity index (χ1n) is 4.85. The van der Waals surface area contributed by atoms with E-state index in [1.165, 1.54) is 25.1 Å². The van der Waals surface area contributed by atoms with Gasteiger partial charge in [0.1, 0.15) is 5.82 Å². The molecule has 0 unspecified atom stereocenters. The largest absolute Gasteiger partial charge is 0.309 e. The van der Waals surface area contributed by atoms with Gasteiger partial charge in [0.05, 0.1) is 0 Å². The standard InChI is InChI=1S/C9H15N3S/c1-3-13-9-11-10-8(12(9)2)7-5-4-6-7/h7H,3-6H2,1-2H3. The van der Waals surface area contributed by atoms with E-state index in [0.717, 1.165) is 10.9 Å². The molecule has 1 aliphatic carbocycles. The van der Waals surface area contributed by atoms with Crippen LogP contribution >= 0.6 is 11.8 Å². The van der Waals surface area contributed by atoms with E-state index < -0.39 is 0 Å². The van der Waals surface area contributed by atoms with Gasteiger partial charge in [0.15, 0.2) is 5.16 Å². The molecule has 1 heterocycles. The van der Waals surface area contributed by atoms with Crippen LogP contribution in [0, 0.1) is 0 Å². The summed E-state index contributed by atoms with van der Waals surface area (Å²) in [5, 5.41) is 9.49. The molecule has 3 nitrogen and oxygen atoms in total. The predicted molar refractivity (Wildman–Crippen MR) is 54.0 cm³/mol. The van der Waals surface area contributed by atoms with Crippen molar-refractivity contribution in [1.82, 2.24) is 14.8 Å². The average Bonchev–Trinajstić information content (AvgIpc) is 2.34. The first kappa shape index (κ1) is 9.06. The van der Waals surface area contributed by atoms with Gasteiger partial charge >= 0.3 is 0 Å². The highest BCUT2D eigenvalue weighted by molar-refractivity contribution is 7.99. The lowest BCUT2D eigenvalue weighted by molar-refractivity contribution is 0.390. The van der Waals surface area contributed by atoms with Crippen molar-refractivity contribution >= 4 is 11.8 Å². The van der Waals surface area contributed by atoms with Crippen molar-refractivity contribution in [3.8, 4) is 0 Å². The Balaban J connectivity index is 2.17. The highest BCUT2D eigenvalue weighted by Crippen LogP contribution is 2.35. The third-order valence-electron chi connectivity index (χ3n) is 2.61. The molecule has 1 aliphatic rings. The molecule has 0 aliphatic heterocycles. The molecular formula is C9H15N3S. The second-order valence-electron chi connectivity index (χ2n) is 3.46. The summed E-state index contributed by atoms with van der Waals surface area (Å²) in [6.45, 7) is 2.14. The van der Waals surface area contributed by atoms with Crippen LogP contribution in [0.5, 0.6) is 0 Å². The number of aromatic nitrogens is 3. The van der Waals surface area contributed by atoms with Crippen LogP contribution in [0.3, 0.4) is 0 Å². The van der Waals surface area contributed by atoms with Crippen molar-refractivity contribution in [2.75, 3.05) is 5.75 Å². The summed E-state index contributed by atoms with van der Waals surface area (Å²) >= 11 is 1.76. The van der Waals surface area contributed by atoms with E-state index in [1.54, 1.807) is 11.8 Å².